The number of carbonyl (C=O) groups is 1. The molecule has 2 aromatic heterocycles. The minimum atomic E-state index is -0.461. The maximum Gasteiger partial charge on any atom is 0.327 e. The van der Waals surface area contributed by atoms with Crippen LogP contribution in [0.3, 0.4) is 0 Å². The highest BCUT2D eigenvalue weighted by Gasteiger charge is 2.16. The Morgan fingerprint density at radius 1 is 1.13 bits per heavy atom. The van der Waals surface area contributed by atoms with Crippen LogP contribution in [-0.4, -0.2) is 51.0 Å². The van der Waals surface area contributed by atoms with Gasteiger partial charge in [-0.15, -0.1) is 0 Å². The first-order valence-electron chi connectivity index (χ1n) is 12.5. The molecule has 4 rings (SSSR count). The van der Waals surface area contributed by atoms with Crippen molar-refractivity contribution < 1.29 is 19.4 Å². The molecule has 0 saturated carbocycles. The summed E-state index contributed by atoms with van der Waals surface area (Å²) in [5.41, 5.74) is 4.66. The molecule has 0 saturated heterocycles. The van der Waals surface area contributed by atoms with E-state index in [-0.39, 0.29) is 24.7 Å². The van der Waals surface area contributed by atoms with Crippen molar-refractivity contribution in [3.05, 3.63) is 81.0 Å². The van der Waals surface area contributed by atoms with Crippen molar-refractivity contribution in [3.8, 4) is 28.5 Å². The lowest BCUT2D eigenvalue weighted by Gasteiger charge is -2.14. The SMILES string of the molecule is CCOc1cc(O)c(-c2c/c(=N\c3c(C)cc(C)cc3C)n(CCNC(=O)c3ccn[nH]3)c(=O)[nH]2)cc1OC. The minimum Gasteiger partial charge on any atom is -0.507 e. The van der Waals surface area contributed by atoms with Crippen LogP contribution in [0.4, 0.5) is 5.69 Å². The Morgan fingerprint density at radius 3 is 2.51 bits per heavy atom. The molecular formula is C28H32N6O5. The fraction of sp³-hybridized carbons (Fsp3) is 0.286. The van der Waals surface area contributed by atoms with Crippen molar-refractivity contribution >= 4 is 11.6 Å². The van der Waals surface area contributed by atoms with E-state index in [1.54, 1.807) is 18.2 Å². The number of hydrogen-bond acceptors (Lipinski definition) is 7. The number of aromatic nitrogens is 4. The standard InChI is InChI=1S/C28H32N6O5/c1-6-39-24-15-22(35)19(13-23(24)38-5)21-14-25(32-26-17(3)11-16(2)12-18(26)4)34(28(37)31-21)10-9-29-27(36)20-7-8-30-33-20/h7-8,11-15,35H,6,9-10H2,1-5H3,(H,29,36)(H,30,33)(H,31,37)/b32-25+. The summed E-state index contributed by atoms with van der Waals surface area (Å²) in [7, 11) is 1.50. The first kappa shape index (κ1) is 27.2. The number of nitrogens with one attached hydrogen (secondary N) is 3. The molecule has 0 radical (unpaired) electrons. The maximum absolute atomic E-state index is 13.4. The molecule has 0 atom stereocenters. The average Bonchev–Trinajstić information content (AvgIpc) is 3.43. The van der Waals surface area contributed by atoms with Gasteiger partial charge in [0.1, 0.15) is 16.9 Å². The zero-order valence-corrected chi connectivity index (χ0v) is 22.6. The molecule has 204 valence electrons. The van der Waals surface area contributed by atoms with Gasteiger partial charge in [0.05, 0.1) is 25.1 Å². The molecule has 4 N–H and O–H groups in total. The molecule has 0 aliphatic carbocycles. The Morgan fingerprint density at radius 2 is 1.87 bits per heavy atom. The van der Waals surface area contributed by atoms with Crippen molar-refractivity contribution in [2.45, 2.75) is 34.2 Å². The topological polar surface area (TPSA) is 147 Å². The van der Waals surface area contributed by atoms with E-state index in [4.69, 9.17) is 14.5 Å². The van der Waals surface area contributed by atoms with Gasteiger partial charge in [0, 0.05) is 37.0 Å². The Kier molecular flexibility index (Phi) is 8.18. The number of methoxy groups -OCH3 is 1. The monoisotopic (exact) mass is 532 g/mol. The van der Waals surface area contributed by atoms with E-state index >= 15 is 0 Å². The molecule has 0 unspecified atom stereocenters. The largest absolute Gasteiger partial charge is 0.507 e. The number of aromatic hydroxyl groups is 1. The van der Waals surface area contributed by atoms with Gasteiger partial charge in [0.25, 0.3) is 5.91 Å². The molecule has 39 heavy (non-hydrogen) atoms. The van der Waals surface area contributed by atoms with Gasteiger partial charge in [-0.25, -0.2) is 9.79 Å². The molecule has 11 heteroatoms. The van der Waals surface area contributed by atoms with Gasteiger partial charge in [-0.05, 0) is 51.0 Å². The number of phenols is 1. The molecule has 0 aliphatic rings. The Labute approximate surface area is 225 Å². The summed E-state index contributed by atoms with van der Waals surface area (Å²) in [5, 5.41) is 20.0. The van der Waals surface area contributed by atoms with Crippen molar-refractivity contribution in [2.75, 3.05) is 20.3 Å². The number of aromatic amines is 2. The number of hydrogen-bond donors (Lipinski definition) is 4. The van der Waals surface area contributed by atoms with Crippen LogP contribution in [0.5, 0.6) is 17.2 Å². The normalized spacial score (nSPS) is 11.5. The van der Waals surface area contributed by atoms with Crippen LogP contribution in [0.1, 0.15) is 34.1 Å². The Balaban J connectivity index is 1.82. The smallest absolute Gasteiger partial charge is 0.327 e. The molecule has 0 bridgehead atoms. The first-order chi connectivity index (χ1) is 18.7. The van der Waals surface area contributed by atoms with E-state index in [0.29, 0.717) is 40.5 Å². The highest BCUT2D eigenvalue weighted by atomic mass is 16.5. The van der Waals surface area contributed by atoms with E-state index in [1.807, 2.05) is 39.8 Å². The number of phenolic OH excluding ortho intramolecular Hbond substituents is 1. The average molecular weight is 533 g/mol. The Hall–Kier alpha value is -4.80. The van der Waals surface area contributed by atoms with E-state index < -0.39 is 5.69 Å². The van der Waals surface area contributed by atoms with E-state index in [9.17, 15) is 14.7 Å². The van der Waals surface area contributed by atoms with Crippen LogP contribution in [0.25, 0.3) is 11.3 Å². The Bertz CT molecular complexity index is 1600. The lowest BCUT2D eigenvalue weighted by atomic mass is 10.1. The van der Waals surface area contributed by atoms with Crippen molar-refractivity contribution in [3.63, 3.8) is 0 Å². The number of amides is 1. The number of ether oxygens (including phenoxy) is 2. The summed E-state index contributed by atoms with van der Waals surface area (Å²) in [4.78, 5) is 33.4. The molecule has 4 aromatic rings. The number of rotatable bonds is 9. The summed E-state index contributed by atoms with van der Waals surface area (Å²) in [6.45, 7) is 8.48. The van der Waals surface area contributed by atoms with Crippen LogP contribution in [0.2, 0.25) is 0 Å². The highest BCUT2D eigenvalue weighted by Crippen LogP contribution is 2.38. The second-order valence-corrected chi connectivity index (χ2v) is 9.04. The van der Waals surface area contributed by atoms with Crippen LogP contribution >= 0.6 is 0 Å². The summed E-state index contributed by atoms with van der Waals surface area (Å²) in [6.07, 6.45) is 1.49. The highest BCUT2D eigenvalue weighted by molar-refractivity contribution is 5.92. The predicted molar refractivity (Wildman–Crippen MR) is 147 cm³/mol. The lowest BCUT2D eigenvalue weighted by molar-refractivity contribution is 0.0947. The number of benzene rings is 2. The van der Waals surface area contributed by atoms with Gasteiger partial charge < -0.3 is 24.9 Å². The van der Waals surface area contributed by atoms with Crippen molar-refractivity contribution in [1.29, 1.82) is 0 Å². The summed E-state index contributed by atoms with van der Waals surface area (Å²) in [5.74, 6) is 0.371. The zero-order chi connectivity index (χ0) is 28.1. The molecule has 2 aromatic carbocycles. The van der Waals surface area contributed by atoms with Gasteiger partial charge in [-0.2, -0.15) is 5.10 Å². The summed E-state index contributed by atoms with van der Waals surface area (Å²) in [6, 6.07) is 10.4. The van der Waals surface area contributed by atoms with Crippen molar-refractivity contribution in [2.24, 2.45) is 4.99 Å². The fourth-order valence-corrected chi connectivity index (χ4v) is 4.40. The molecule has 0 aliphatic heterocycles. The molecular weight excluding hydrogens is 500 g/mol. The quantitative estimate of drug-likeness (QED) is 0.260. The van der Waals surface area contributed by atoms with Crippen LogP contribution < -0.4 is 26.0 Å². The first-order valence-corrected chi connectivity index (χ1v) is 12.5. The summed E-state index contributed by atoms with van der Waals surface area (Å²) < 4.78 is 12.4. The fourth-order valence-electron chi connectivity index (χ4n) is 4.40. The number of aryl methyl sites for hydroxylation is 3. The van der Waals surface area contributed by atoms with Crippen LogP contribution in [-0.2, 0) is 6.54 Å². The second kappa shape index (κ2) is 11.7. The third-order valence-electron chi connectivity index (χ3n) is 6.14. The van der Waals surface area contributed by atoms with Crippen molar-refractivity contribution in [1.82, 2.24) is 25.1 Å². The number of H-pyrrole nitrogens is 2. The molecule has 11 nitrogen and oxygen atoms in total. The predicted octanol–water partition coefficient (Wildman–Crippen LogP) is 3.27. The zero-order valence-electron chi connectivity index (χ0n) is 22.6. The summed E-state index contributed by atoms with van der Waals surface area (Å²) >= 11 is 0. The van der Waals surface area contributed by atoms with Crippen LogP contribution in [0.15, 0.2) is 52.4 Å². The van der Waals surface area contributed by atoms with Gasteiger partial charge in [-0.3, -0.25) is 14.5 Å². The van der Waals surface area contributed by atoms with Gasteiger partial charge in [-0.1, -0.05) is 17.7 Å². The molecule has 1 amide bonds. The maximum atomic E-state index is 13.4. The van der Waals surface area contributed by atoms with Gasteiger partial charge in [0.15, 0.2) is 11.5 Å². The third-order valence-corrected chi connectivity index (χ3v) is 6.14. The van der Waals surface area contributed by atoms with E-state index in [2.05, 4.69) is 20.5 Å². The third kappa shape index (κ3) is 6.03. The lowest BCUT2D eigenvalue weighted by Crippen LogP contribution is -2.39. The van der Waals surface area contributed by atoms with E-state index in [0.717, 1.165) is 22.4 Å². The van der Waals surface area contributed by atoms with Gasteiger partial charge in [0.2, 0.25) is 0 Å². The molecule has 0 spiro atoms. The van der Waals surface area contributed by atoms with Gasteiger partial charge >= 0.3 is 5.69 Å². The molecule has 2 heterocycles. The second-order valence-electron chi connectivity index (χ2n) is 9.04. The van der Waals surface area contributed by atoms with Crippen LogP contribution in [0, 0.1) is 20.8 Å². The minimum absolute atomic E-state index is 0.0897. The molecule has 0 fully saturated rings. The number of nitrogens with zero attached hydrogens (tertiary/aromatic N) is 3. The number of carbonyl (C=O) groups excluding carboxylic acids is 1. The van der Waals surface area contributed by atoms with E-state index in [1.165, 1.54) is 23.9 Å².